The average Bonchev–Trinajstić information content (AvgIpc) is 2.44. The highest BCUT2D eigenvalue weighted by atomic mass is 15.1. The monoisotopic (exact) mass is 270 g/mol. The zero-order valence-electron chi connectivity index (χ0n) is 12.9. The number of nitrogens with one attached hydrogen (secondary N) is 1. The molecule has 0 saturated heterocycles. The normalized spacial score (nSPS) is 11.8. The SMILES string of the molecule is C=C/C=C\C=C(/C)CCNCc1ccc(N(C)C)cc1. The van der Waals surface area contributed by atoms with Gasteiger partial charge in [0.2, 0.25) is 0 Å². The number of hydrogen-bond acceptors (Lipinski definition) is 2. The van der Waals surface area contributed by atoms with E-state index in [-0.39, 0.29) is 0 Å². The van der Waals surface area contributed by atoms with Gasteiger partial charge in [-0.05, 0) is 37.6 Å². The minimum Gasteiger partial charge on any atom is -0.378 e. The van der Waals surface area contributed by atoms with Gasteiger partial charge >= 0.3 is 0 Å². The maximum atomic E-state index is 3.65. The molecule has 0 aliphatic rings. The molecule has 0 heterocycles. The Balaban J connectivity index is 2.29. The van der Waals surface area contributed by atoms with Crippen LogP contribution in [0.2, 0.25) is 0 Å². The molecular weight excluding hydrogens is 244 g/mol. The van der Waals surface area contributed by atoms with Crippen LogP contribution >= 0.6 is 0 Å². The largest absolute Gasteiger partial charge is 0.378 e. The van der Waals surface area contributed by atoms with Crippen molar-refractivity contribution in [2.75, 3.05) is 25.5 Å². The number of hydrogen-bond donors (Lipinski definition) is 1. The van der Waals surface area contributed by atoms with Crippen LogP contribution < -0.4 is 10.2 Å². The van der Waals surface area contributed by atoms with E-state index in [9.17, 15) is 0 Å². The van der Waals surface area contributed by atoms with Crippen molar-refractivity contribution in [3.8, 4) is 0 Å². The van der Waals surface area contributed by atoms with Gasteiger partial charge in [0.15, 0.2) is 0 Å². The third-order valence-electron chi connectivity index (χ3n) is 3.11. The van der Waals surface area contributed by atoms with Gasteiger partial charge in [-0.3, -0.25) is 0 Å². The molecule has 1 N–H and O–H groups in total. The lowest BCUT2D eigenvalue weighted by molar-refractivity contribution is 0.684. The van der Waals surface area contributed by atoms with Crippen LogP contribution in [0.25, 0.3) is 0 Å². The van der Waals surface area contributed by atoms with E-state index in [2.05, 4.69) is 68.2 Å². The van der Waals surface area contributed by atoms with Gasteiger partial charge in [-0.1, -0.05) is 48.6 Å². The van der Waals surface area contributed by atoms with Gasteiger partial charge in [-0.25, -0.2) is 0 Å². The summed E-state index contributed by atoms with van der Waals surface area (Å²) < 4.78 is 0. The third-order valence-corrected chi connectivity index (χ3v) is 3.11. The molecular formula is C18H26N2. The minimum absolute atomic E-state index is 0.920. The lowest BCUT2D eigenvalue weighted by Gasteiger charge is -2.13. The summed E-state index contributed by atoms with van der Waals surface area (Å²) in [4.78, 5) is 2.11. The van der Waals surface area contributed by atoms with Crippen molar-refractivity contribution < 1.29 is 0 Å². The second-order valence-electron chi connectivity index (χ2n) is 5.12. The number of rotatable bonds is 8. The summed E-state index contributed by atoms with van der Waals surface area (Å²) in [5, 5.41) is 3.47. The number of nitrogens with zero attached hydrogens (tertiary/aromatic N) is 1. The fraction of sp³-hybridized carbons (Fsp3) is 0.333. The van der Waals surface area contributed by atoms with E-state index in [4.69, 9.17) is 0 Å². The number of allylic oxidation sites excluding steroid dienone is 4. The van der Waals surface area contributed by atoms with Crippen LogP contribution in [0.4, 0.5) is 5.69 Å². The fourth-order valence-electron chi connectivity index (χ4n) is 1.81. The molecule has 0 aliphatic carbocycles. The van der Waals surface area contributed by atoms with Gasteiger partial charge in [0.25, 0.3) is 0 Å². The summed E-state index contributed by atoms with van der Waals surface area (Å²) in [7, 11) is 4.12. The fourth-order valence-corrected chi connectivity index (χ4v) is 1.81. The van der Waals surface area contributed by atoms with E-state index in [1.165, 1.54) is 16.8 Å². The first-order valence-electron chi connectivity index (χ1n) is 7.05. The van der Waals surface area contributed by atoms with Crippen molar-refractivity contribution in [1.82, 2.24) is 5.32 Å². The van der Waals surface area contributed by atoms with Crippen molar-refractivity contribution in [2.24, 2.45) is 0 Å². The Bertz CT molecular complexity index is 453. The molecule has 0 unspecified atom stereocenters. The maximum Gasteiger partial charge on any atom is 0.0361 e. The van der Waals surface area contributed by atoms with E-state index >= 15 is 0 Å². The highest BCUT2D eigenvalue weighted by Crippen LogP contribution is 2.12. The van der Waals surface area contributed by atoms with Crippen molar-refractivity contribution in [1.29, 1.82) is 0 Å². The lowest BCUT2D eigenvalue weighted by atomic mass is 10.1. The first-order valence-corrected chi connectivity index (χ1v) is 7.05. The van der Waals surface area contributed by atoms with Crippen molar-refractivity contribution >= 4 is 5.69 Å². The quantitative estimate of drug-likeness (QED) is 0.569. The lowest BCUT2D eigenvalue weighted by Crippen LogP contribution is -2.15. The van der Waals surface area contributed by atoms with Crippen LogP contribution in [0, 0.1) is 0 Å². The summed E-state index contributed by atoms with van der Waals surface area (Å²) in [5.41, 5.74) is 3.93. The smallest absolute Gasteiger partial charge is 0.0361 e. The van der Waals surface area contributed by atoms with Crippen molar-refractivity contribution in [3.63, 3.8) is 0 Å². The molecule has 0 aliphatic heterocycles. The molecule has 0 fully saturated rings. The molecule has 108 valence electrons. The van der Waals surface area contributed by atoms with E-state index in [0.29, 0.717) is 0 Å². The number of anilines is 1. The topological polar surface area (TPSA) is 15.3 Å². The molecule has 1 aromatic rings. The average molecular weight is 270 g/mol. The molecule has 0 spiro atoms. The molecule has 0 atom stereocenters. The van der Waals surface area contributed by atoms with Crippen LogP contribution in [0.15, 0.2) is 60.7 Å². The van der Waals surface area contributed by atoms with Crippen LogP contribution in [0.5, 0.6) is 0 Å². The van der Waals surface area contributed by atoms with E-state index < -0.39 is 0 Å². The first kappa shape index (κ1) is 16.3. The van der Waals surface area contributed by atoms with E-state index in [0.717, 1.165) is 19.5 Å². The molecule has 1 rings (SSSR count). The van der Waals surface area contributed by atoms with Crippen LogP contribution in [0.1, 0.15) is 18.9 Å². The first-order chi connectivity index (χ1) is 9.63. The van der Waals surface area contributed by atoms with Crippen LogP contribution in [0.3, 0.4) is 0 Å². The molecule has 0 saturated carbocycles. The van der Waals surface area contributed by atoms with Gasteiger partial charge < -0.3 is 10.2 Å². The van der Waals surface area contributed by atoms with Crippen molar-refractivity contribution in [2.45, 2.75) is 19.9 Å². The maximum absolute atomic E-state index is 3.65. The summed E-state index contributed by atoms with van der Waals surface area (Å²) in [6.07, 6.45) is 8.97. The zero-order valence-corrected chi connectivity index (χ0v) is 12.9. The predicted molar refractivity (Wildman–Crippen MR) is 90.2 cm³/mol. The van der Waals surface area contributed by atoms with Gasteiger partial charge in [0.05, 0.1) is 0 Å². The van der Waals surface area contributed by atoms with Gasteiger partial charge in [-0.15, -0.1) is 0 Å². The highest BCUT2D eigenvalue weighted by molar-refractivity contribution is 5.45. The third kappa shape index (κ3) is 6.39. The van der Waals surface area contributed by atoms with E-state index in [1.54, 1.807) is 6.08 Å². The summed E-state index contributed by atoms with van der Waals surface area (Å²) in [6.45, 7) is 7.73. The Hall–Kier alpha value is -1.80. The Labute approximate surface area is 123 Å². The molecule has 0 radical (unpaired) electrons. The second kappa shape index (κ2) is 9.16. The molecule has 0 aromatic heterocycles. The standard InChI is InChI=1S/C18H26N2/c1-5-6-7-8-16(2)13-14-19-15-17-9-11-18(12-10-17)20(3)4/h5-12,19H,1,13-15H2,2-4H3/b7-6-,16-8+. The Morgan fingerprint density at radius 1 is 1.20 bits per heavy atom. The summed E-state index contributed by atoms with van der Waals surface area (Å²) >= 11 is 0. The van der Waals surface area contributed by atoms with Crippen LogP contribution in [-0.2, 0) is 6.54 Å². The Morgan fingerprint density at radius 3 is 2.50 bits per heavy atom. The van der Waals surface area contributed by atoms with E-state index in [1.807, 2.05) is 12.2 Å². The second-order valence-corrected chi connectivity index (χ2v) is 5.12. The summed E-state index contributed by atoms with van der Waals surface area (Å²) in [5.74, 6) is 0. The van der Waals surface area contributed by atoms with Gasteiger partial charge in [-0.2, -0.15) is 0 Å². The molecule has 0 bridgehead atoms. The molecule has 2 heteroatoms. The Morgan fingerprint density at radius 2 is 1.90 bits per heavy atom. The molecule has 1 aromatic carbocycles. The predicted octanol–water partition coefficient (Wildman–Crippen LogP) is 3.92. The Kier molecular flexibility index (Phi) is 7.44. The molecule has 2 nitrogen and oxygen atoms in total. The van der Waals surface area contributed by atoms with Crippen LogP contribution in [-0.4, -0.2) is 20.6 Å². The zero-order chi connectivity index (χ0) is 14.8. The van der Waals surface area contributed by atoms with Gasteiger partial charge in [0.1, 0.15) is 0 Å². The molecule has 20 heavy (non-hydrogen) atoms. The minimum atomic E-state index is 0.920. The number of benzene rings is 1. The van der Waals surface area contributed by atoms with Gasteiger partial charge in [0, 0.05) is 26.3 Å². The van der Waals surface area contributed by atoms with Crippen molar-refractivity contribution in [3.05, 3.63) is 66.3 Å². The summed E-state index contributed by atoms with van der Waals surface area (Å²) in [6, 6.07) is 8.67. The molecule has 0 amide bonds. The highest BCUT2D eigenvalue weighted by Gasteiger charge is 1.96.